The van der Waals surface area contributed by atoms with Crippen LogP contribution in [0, 0.1) is 0 Å². The number of ketones is 1. The number of amides is 1. The van der Waals surface area contributed by atoms with Gasteiger partial charge in [0.2, 0.25) is 0 Å². The van der Waals surface area contributed by atoms with Gasteiger partial charge in [-0.3, -0.25) is 4.79 Å². The van der Waals surface area contributed by atoms with E-state index >= 15 is 0 Å². The number of ether oxygens (including phenoxy) is 10. The summed E-state index contributed by atoms with van der Waals surface area (Å²) in [5.74, 6) is -1.30. The maximum absolute atomic E-state index is 14.2. The standard InChI is InChI=1S/C50H52N4O15/c1-3-24-60-50(59)69-44-40(53-54-51)46(57)65-37(42(44)61-25-30-14-6-4-7-15-30)27-63-48-41(52-49(58)64-26-36-34-20-12-10-18-32(34)33-19-11-13-21-35(33)36)45(67-39(56)23-22-29(2)55)43-38(66-48)28-62-47(68-43)31-16-8-5-9-17-31/h3-21,36-38,40-48,57H,1,22-28H2,2H3,(H,52,58)/t37-,38-,40-,41-,42-,43-,44-,45-,46-,47?,48-/m1/s1. The van der Waals surface area contributed by atoms with E-state index in [-0.39, 0.29) is 51.0 Å². The number of nitrogens with zero attached hydrogens (tertiary/aromatic N) is 3. The Balaban J connectivity index is 1.10. The summed E-state index contributed by atoms with van der Waals surface area (Å²) in [6.45, 7) is 3.98. The number of carbonyl (C=O) groups is 4. The number of Topliss-reactive ketones (excluding diaryl/α,β-unsaturated/α-hetero) is 1. The quantitative estimate of drug-likeness (QED) is 0.0263. The molecule has 0 radical (unpaired) electrons. The SMILES string of the molecule is C=CCOC(=O)O[C@@H]1[C@@H](N=[N+]=[N-])[C@H](O)O[C@H](CO[C@@H]2O[C@@H]3COC(c4ccccc4)O[C@H]3[C@H](OC(=O)CCC(C)=O)[C@H]2NC(=O)OCC2c3ccccc3-c3ccccc32)[C@H]1OCc1ccccc1. The first-order valence-corrected chi connectivity index (χ1v) is 22.5. The molecule has 0 saturated carbocycles. The molecule has 19 heteroatoms. The Morgan fingerprint density at radius 1 is 0.812 bits per heavy atom. The van der Waals surface area contributed by atoms with Crippen molar-refractivity contribution in [2.75, 3.05) is 26.4 Å². The van der Waals surface area contributed by atoms with E-state index in [1.165, 1.54) is 13.0 Å². The van der Waals surface area contributed by atoms with E-state index in [0.29, 0.717) is 11.1 Å². The molecule has 3 saturated heterocycles. The summed E-state index contributed by atoms with van der Waals surface area (Å²) in [4.78, 5) is 55.6. The Bertz CT molecular complexity index is 2430. The number of alkyl carbamates (subject to hydrolysis) is 1. The molecule has 69 heavy (non-hydrogen) atoms. The fourth-order valence-electron chi connectivity index (χ4n) is 8.84. The molecular weight excluding hydrogens is 897 g/mol. The molecule has 4 aromatic rings. The third-order valence-electron chi connectivity index (χ3n) is 12.1. The lowest BCUT2D eigenvalue weighted by Gasteiger charge is -2.49. The number of nitrogens with one attached hydrogen (secondary N) is 1. The number of azide groups is 1. The topological polar surface area (TPSA) is 242 Å². The van der Waals surface area contributed by atoms with Gasteiger partial charge >= 0.3 is 18.2 Å². The van der Waals surface area contributed by atoms with Crippen molar-refractivity contribution in [3.63, 3.8) is 0 Å². The molecule has 362 valence electrons. The third-order valence-corrected chi connectivity index (χ3v) is 12.1. The van der Waals surface area contributed by atoms with Crippen molar-refractivity contribution in [3.8, 4) is 11.1 Å². The summed E-state index contributed by atoms with van der Waals surface area (Å²) in [5.41, 5.74) is 14.9. The number of fused-ring (bicyclic) bond motifs is 4. The Morgan fingerprint density at radius 2 is 1.49 bits per heavy atom. The first kappa shape index (κ1) is 48.8. The van der Waals surface area contributed by atoms with Gasteiger partial charge in [-0.2, -0.15) is 0 Å². The number of rotatable bonds is 18. The normalized spacial score (nSPS) is 27.0. The molecule has 0 spiro atoms. The van der Waals surface area contributed by atoms with Crippen molar-refractivity contribution in [3.05, 3.63) is 155 Å². The summed E-state index contributed by atoms with van der Waals surface area (Å²) < 4.78 is 60.7. The van der Waals surface area contributed by atoms with Gasteiger partial charge in [0.15, 0.2) is 25.0 Å². The molecule has 4 aliphatic rings. The Labute approximate surface area is 397 Å². The molecule has 19 nitrogen and oxygen atoms in total. The molecule has 11 atom stereocenters. The highest BCUT2D eigenvalue weighted by molar-refractivity contribution is 5.81. The predicted molar refractivity (Wildman–Crippen MR) is 242 cm³/mol. The minimum absolute atomic E-state index is 0.0583. The van der Waals surface area contributed by atoms with E-state index in [9.17, 15) is 29.8 Å². The van der Waals surface area contributed by atoms with Gasteiger partial charge in [0.05, 0.1) is 26.2 Å². The molecule has 3 fully saturated rings. The Morgan fingerprint density at radius 3 is 2.17 bits per heavy atom. The van der Waals surface area contributed by atoms with Gasteiger partial charge in [0, 0.05) is 22.8 Å². The summed E-state index contributed by atoms with van der Waals surface area (Å²) in [5, 5.41) is 17.8. The van der Waals surface area contributed by atoms with Gasteiger partial charge in [-0.15, -0.1) is 0 Å². The van der Waals surface area contributed by atoms with Gasteiger partial charge in [0.1, 0.15) is 61.6 Å². The highest BCUT2D eigenvalue weighted by Crippen LogP contribution is 2.45. The zero-order chi connectivity index (χ0) is 48.3. The molecule has 8 rings (SSSR count). The third kappa shape index (κ3) is 11.8. The smallest absolute Gasteiger partial charge is 0.457 e. The number of aliphatic hydroxyl groups is 1. The minimum Gasteiger partial charge on any atom is -0.457 e. The molecule has 4 aromatic carbocycles. The molecule has 0 aromatic heterocycles. The van der Waals surface area contributed by atoms with E-state index in [1.807, 2.05) is 72.8 Å². The summed E-state index contributed by atoms with van der Waals surface area (Å²) in [6, 6.07) is 30.9. The fraction of sp³-hybridized carbons (Fsp3) is 0.400. The zero-order valence-electron chi connectivity index (χ0n) is 37.6. The summed E-state index contributed by atoms with van der Waals surface area (Å²) in [7, 11) is 0. The molecule has 1 unspecified atom stereocenters. The molecule has 1 amide bonds. The van der Waals surface area contributed by atoms with Crippen molar-refractivity contribution < 1.29 is 71.7 Å². The lowest BCUT2D eigenvalue weighted by molar-refractivity contribution is -0.350. The highest BCUT2D eigenvalue weighted by atomic mass is 16.8. The summed E-state index contributed by atoms with van der Waals surface area (Å²) in [6.07, 6.45) is -12.8. The second kappa shape index (κ2) is 23.1. The van der Waals surface area contributed by atoms with Crippen LogP contribution in [0.5, 0.6) is 0 Å². The van der Waals surface area contributed by atoms with Gasteiger partial charge < -0.3 is 62.6 Å². The van der Waals surface area contributed by atoms with Crippen LogP contribution in [0.3, 0.4) is 0 Å². The number of benzene rings is 4. The van der Waals surface area contributed by atoms with E-state index in [1.54, 1.807) is 36.4 Å². The van der Waals surface area contributed by atoms with Crippen molar-refractivity contribution in [1.82, 2.24) is 5.32 Å². The summed E-state index contributed by atoms with van der Waals surface area (Å²) >= 11 is 0. The molecule has 1 aliphatic carbocycles. The lowest BCUT2D eigenvalue weighted by atomic mass is 9.95. The largest absolute Gasteiger partial charge is 0.508 e. The van der Waals surface area contributed by atoms with Crippen molar-refractivity contribution in [2.45, 2.75) is 99.9 Å². The first-order chi connectivity index (χ1) is 33.6. The predicted octanol–water partition coefficient (Wildman–Crippen LogP) is 6.72. The van der Waals surface area contributed by atoms with Crippen LogP contribution in [0.25, 0.3) is 21.6 Å². The average Bonchev–Trinajstić information content (AvgIpc) is 3.69. The number of carbonyl (C=O) groups excluding carboxylic acids is 4. The molecule has 3 heterocycles. The van der Waals surface area contributed by atoms with Crippen molar-refractivity contribution in [1.29, 1.82) is 0 Å². The van der Waals surface area contributed by atoms with Crippen LogP contribution < -0.4 is 5.32 Å². The van der Waals surface area contributed by atoms with Crippen LogP contribution in [0.1, 0.15) is 54.2 Å². The van der Waals surface area contributed by atoms with Gasteiger partial charge in [-0.1, -0.05) is 127 Å². The van der Waals surface area contributed by atoms with Crippen LogP contribution in [0.15, 0.2) is 127 Å². The lowest BCUT2D eigenvalue weighted by Crippen LogP contribution is -2.68. The maximum Gasteiger partial charge on any atom is 0.508 e. The van der Waals surface area contributed by atoms with Crippen LogP contribution in [0.2, 0.25) is 0 Å². The van der Waals surface area contributed by atoms with Crippen LogP contribution in [0.4, 0.5) is 9.59 Å². The van der Waals surface area contributed by atoms with E-state index in [4.69, 9.17) is 47.4 Å². The second-order valence-electron chi connectivity index (χ2n) is 16.7. The van der Waals surface area contributed by atoms with E-state index < -0.39 is 92.4 Å². The monoisotopic (exact) mass is 948 g/mol. The van der Waals surface area contributed by atoms with E-state index in [0.717, 1.165) is 22.3 Å². The number of esters is 1. The van der Waals surface area contributed by atoms with Gasteiger partial charge in [-0.25, -0.2) is 9.59 Å². The number of hydrogen-bond donors (Lipinski definition) is 2. The van der Waals surface area contributed by atoms with Crippen molar-refractivity contribution in [2.24, 2.45) is 5.11 Å². The molecular formula is C50H52N4O15. The van der Waals surface area contributed by atoms with Crippen LogP contribution in [-0.4, -0.2) is 117 Å². The van der Waals surface area contributed by atoms with Gasteiger partial charge in [-0.05, 0) is 40.3 Å². The number of hydrogen-bond acceptors (Lipinski definition) is 16. The van der Waals surface area contributed by atoms with Crippen molar-refractivity contribution >= 4 is 24.0 Å². The fourth-order valence-corrected chi connectivity index (χ4v) is 8.84. The highest BCUT2D eigenvalue weighted by Gasteiger charge is 2.55. The van der Waals surface area contributed by atoms with Crippen LogP contribution in [-0.2, 0) is 63.6 Å². The maximum atomic E-state index is 14.2. The Kier molecular flexibility index (Phi) is 16.3. The number of aliphatic hydroxyl groups excluding tert-OH is 1. The second-order valence-corrected chi connectivity index (χ2v) is 16.7. The van der Waals surface area contributed by atoms with E-state index in [2.05, 4.69) is 21.9 Å². The average molecular weight is 949 g/mol. The zero-order valence-corrected chi connectivity index (χ0v) is 37.6. The minimum atomic E-state index is -1.85. The van der Waals surface area contributed by atoms with Gasteiger partial charge in [0.25, 0.3) is 0 Å². The molecule has 0 bridgehead atoms. The van der Waals surface area contributed by atoms with Crippen LogP contribution >= 0.6 is 0 Å². The Hall–Kier alpha value is -6.67. The molecule has 3 aliphatic heterocycles. The first-order valence-electron chi connectivity index (χ1n) is 22.5. The molecule has 2 N–H and O–H groups in total.